The monoisotopic (exact) mass is 345 g/mol. The highest BCUT2D eigenvalue weighted by molar-refractivity contribution is 5.96. The second kappa shape index (κ2) is 5.22. The van der Waals surface area contributed by atoms with Gasteiger partial charge in [-0.15, -0.1) is 0 Å². The Labute approximate surface area is 146 Å². The number of ketones is 1. The minimum absolute atomic E-state index is 0.0745. The molecule has 1 heterocycles. The predicted octanol–water partition coefficient (Wildman–Crippen LogP) is 2.03. The molecule has 1 saturated heterocycles. The number of benzene rings is 1. The fraction of sp³-hybridized carbons (Fsp3) is 0.526. The molecular formula is C19H23NO5. The van der Waals surface area contributed by atoms with Gasteiger partial charge in [0.1, 0.15) is 0 Å². The van der Waals surface area contributed by atoms with E-state index in [-0.39, 0.29) is 34.6 Å². The van der Waals surface area contributed by atoms with E-state index >= 15 is 0 Å². The Kier molecular flexibility index (Phi) is 3.43. The normalized spacial score (nSPS) is 36.2. The summed E-state index contributed by atoms with van der Waals surface area (Å²) in [7, 11) is 4.71. The molecule has 1 aromatic rings. The summed E-state index contributed by atoms with van der Waals surface area (Å²) in [6.45, 7) is 0.431. The summed E-state index contributed by atoms with van der Waals surface area (Å²) in [6, 6.07) is 3.47. The second-order valence-electron chi connectivity index (χ2n) is 7.59. The zero-order chi connectivity index (χ0) is 18.0. The number of fused-ring (bicyclic) bond motifs is 1. The zero-order valence-corrected chi connectivity index (χ0v) is 14.7. The summed E-state index contributed by atoms with van der Waals surface area (Å²) >= 11 is 0. The van der Waals surface area contributed by atoms with Crippen molar-refractivity contribution in [2.45, 2.75) is 30.7 Å². The molecule has 2 aliphatic carbocycles. The van der Waals surface area contributed by atoms with Crippen LogP contribution in [-0.2, 0) is 21.4 Å². The number of phenols is 1. The van der Waals surface area contributed by atoms with Crippen molar-refractivity contribution in [2.75, 3.05) is 27.8 Å². The first-order valence-corrected chi connectivity index (χ1v) is 8.58. The van der Waals surface area contributed by atoms with Gasteiger partial charge in [-0.2, -0.15) is 0 Å². The quantitative estimate of drug-likeness (QED) is 0.655. The summed E-state index contributed by atoms with van der Waals surface area (Å²) in [5.74, 6) is 0.631. The van der Waals surface area contributed by atoms with Crippen molar-refractivity contribution in [1.29, 1.82) is 0 Å². The van der Waals surface area contributed by atoms with Crippen LogP contribution in [0.3, 0.4) is 0 Å². The van der Waals surface area contributed by atoms with E-state index < -0.39 is 5.41 Å². The molecule has 3 aliphatic rings. The first-order valence-electron chi connectivity index (χ1n) is 8.58. The highest BCUT2D eigenvalue weighted by atomic mass is 16.5. The maximum Gasteiger partial charge on any atom is 0.197 e. The largest absolute Gasteiger partial charge is 0.633 e. The number of hydrogen-bond donors (Lipinski definition) is 1. The number of allylic oxidation sites excluding steroid dienone is 1. The van der Waals surface area contributed by atoms with Crippen LogP contribution >= 0.6 is 0 Å². The van der Waals surface area contributed by atoms with Crippen LogP contribution in [0.5, 0.6) is 11.5 Å². The van der Waals surface area contributed by atoms with E-state index in [2.05, 4.69) is 0 Å². The van der Waals surface area contributed by atoms with E-state index in [1.165, 1.54) is 14.2 Å². The Hall–Kier alpha value is -2.05. The molecule has 0 unspecified atom stereocenters. The van der Waals surface area contributed by atoms with Crippen LogP contribution in [-0.4, -0.2) is 49.4 Å². The van der Waals surface area contributed by atoms with E-state index in [1.807, 2.05) is 12.1 Å². The van der Waals surface area contributed by atoms with Gasteiger partial charge in [0.05, 0.1) is 33.9 Å². The van der Waals surface area contributed by atoms with Gasteiger partial charge in [0.25, 0.3) is 0 Å². The van der Waals surface area contributed by atoms with E-state index in [0.717, 1.165) is 11.1 Å². The van der Waals surface area contributed by atoms with E-state index in [0.29, 0.717) is 30.9 Å². The van der Waals surface area contributed by atoms with Gasteiger partial charge in [-0.1, -0.05) is 6.07 Å². The van der Waals surface area contributed by atoms with Crippen molar-refractivity contribution in [3.8, 4) is 11.5 Å². The molecule has 1 aromatic carbocycles. The van der Waals surface area contributed by atoms with E-state index in [9.17, 15) is 15.1 Å². The average Bonchev–Trinajstić information content (AvgIpc) is 2.58. The third-order valence-corrected chi connectivity index (χ3v) is 6.43. The highest BCUT2D eigenvalue weighted by Crippen LogP contribution is 2.58. The Morgan fingerprint density at radius 3 is 2.76 bits per heavy atom. The number of likely N-dealkylation sites (tertiary alicyclic amines) is 1. The van der Waals surface area contributed by atoms with Crippen molar-refractivity contribution in [3.05, 3.63) is 40.3 Å². The maximum absolute atomic E-state index is 13.1. The average molecular weight is 345 g/mol. The maximum atomic E-state index is 13.1. The number of ether oxygens (including phenoxy) is 2. The Bertz CT molecular complexity index is 784. The molecule has 6 heteroatoms. The second-order valence-corrected chi connectivity index (χ2v) is 7.59. The number of hydrogen-bond acceptors (Lipinski definition) is 5. The van der Waals surface area contributed by atoms with Crippen LogP contribution in [0.2, 0.25) is 0 Å². The van der Waals surface area contributed by atoms with E-state index in [1.54, 1.807) is 13.1 Å². The molecule has 4 rings (SSSR count). The van der Waals surface area contributed by atoms with Gasteiger partial charge >= 0.3 is 0 Å². The third kappa shape index (κ3) is 2.07. The number of methoxy groups -OCH3 is 2. The van der Waals surface area contributed by atoms with Gasteiger partial charge in [0.2, 0.25) is 0 Å². The number of nitrogens with zero attached hydrogens (tertiary/aromatic N) is 1. The van der Waals surface area contributed by atoms with Gasteiger partial charge in [-0.25, -0.2) is 0 Å². The van der Waals surface area contributed by atoms with Crippen molar-refractivity contribution in [3.63, 3.8) is 0 Å². The molecular weight excluding hydrogens is 322 g/mol. The van der Waals surface area contributed by atoms with Gasteiger partial charge in [-0.05, 0) is 17.7 Å². The summed E-state index contributed by atoms with van der Waals surface area (Å²) in [6.07, 6.45) is 3.20. The third-order valence-electron chi connectivity index (χ3n) is 6.43. The number of carbonyl (C=O) groups is 1. The molecule has 0 saturated carbocycles. The van der Waals surface area contributed by atoms with Gasteiger partial charge in [0, 0.05) is 36.2 Å². The number of rotatable bonds is 2. The summed E-state index contributed by atoms with van der Waals surface area (Å²) in [5.41, 5.74) is 1.17. The number of Topliss-reactive ketones (excluding diaryl/α,β-unsaturated/α-hetero) is 1. The topological polar surface area (TPSA) is 78.8 Å². The number of likely N-dealkylation sites (N-methyl/N-ethyl adjacent to an activating group) is 1. The Morgan fingerprint density at radius 1 is 1.32 bits per heavy atom. The highest BCUT2D eigenvalue weighted by Gasteiger charge is 2.60. The molecule has 0 spiro atoms. The van der Waals surface area contributed by atoms with Crippen LogP contribution in [0.15, 0.2) is 24.0 Å². The number of hydroxylamine groups is 3. The summed E-state index contributed by atoms with van der Waals surface area (Å²) in [5, 5.41) is 24.0. The van der Waals surface area contributed by atoms with Crippen molar-refractivity contribution < 1.29 is 24.0 Å². The number of phenolic OH excluding ortho intramolecular Hbond substituents is 1. The molecule has 0 radical (unpaired) electrons. The smallest absolute Gasteiger partial charge is 0.197 e. The van der Waals surface area contributed by atoms with E-state index in [4.69, 9.17) is 9.47 Å². The lowest BCUT2D eigenvalue weighted by atomic mass is 9.53. The number of quaternary nitrogens is 1. The molecule has 6 nitrogen and oxygen atoms in total. The lowest BCUT2D eigenvalue weighted by molar-refractivity contribution is -0.898. The first kappa shape index (κ1) is 16.4. The number of piperidine rings is 1. The van der Waals surface area contributed by atoms with Crippen LogP contribution in [0.1, 0.15) is 24.0 Å². The molecule has 2 bridgehead atoms. The molecule has 0 aromatic heterocycles. The zero-order valence-electron chi connectivity index (χ0n) is 14.7. The predicted molar refractivity (Wildman–Crippen MR) is 91.1 cm³/mol. The fourth-order valence-electron chi connectivity index (χ4n) is 5.18. The van der Waals surface area contributed by atoms with Crippen molar-refractivity contribution in [2.24, 2.45) is 5.92 Å². The Morgan fingerprint density at radius 2 is 2.08 bits per heavy atom. The fourth-order valence-corrected chi connectivity index (χ4v) is 5.18. The molecule has 4 atom stereocenters. The Balaban J connectivity index is 1.99. The molecule has 134 valence electrons. The minimum Gasteiger partial charge on any atom is -0.633 e. The lowest BCUT2D eigenvalue weighted by Crippen LogP contribution is -2.66. The molecule has 1 fully saturated rings. The van der Waals surface area contributed by atoms with Crippen LogP contribution in [0, 0.1) is 11.1 Å². The minimum atomic E-state index is -0.557. The number of carbonyl (C=O) groups excluding carboxylic acids is 1. The molecule has 1 N–H and O–H groups in total. The SMILES string of the molecule is COC1=C[C@@H]2[C@@H]3Cc4ccc(OC)c(O)c4[C@]2(CC[N@@+]3(C)[O-])CC1=O. The van der Waals surface area contributed by atoms with Crippen LogP contribution in [0.25, 0.3) is 0 Å². The standard InChI is InChI=1S/C19H23NO5/c1-20(23)7-6-19-10-14(21)16(25-3)9-12(19)13(20)8-11-4-5-15(24-2)18(22)17(11)19/h4-5,9,12-13,22H,6-8,10H2,1-3H3/t12-,13+,19-,20-/m1/s1. The molecule has 1 aliphatic heterocycles. The van der Waals surface area contributed by atoms with Crippen molar-refractivity contribution in [1.82, 2.24) is 0 Å². The molecule has 0 amide bonds. The number of aromatic hydroxyl groups is 1. The van der Waals surface area contributed by atoms with Gasteiger partial charge < -0.3 is 24.4 Å². The van der Waals surface area contributed by atoms with Crippen LogP contribution < -0.4 is 4.74 Å². The van der Waals surface area contributed by atoms with Crippen molar-refractivity contribution >= 4 is 5.78 Å². The lowest BCUT2D eigenvalue weighted by Gasteiger charge is -2.61. The first-order chi connectivity index (χ1) is 11.8. The summed E-state index contributed by atoms with van der Waals surface area (Å²) < 4.78 is 10.2. The molecule has 25 heavy (non-hydrogen) atoms. The van der Waals surface area contributed by atoms with Gasteiger partial charge in [-0.3, -0.25) is 4.79 Å². The van der Waals surface area contributed by atoms with Gasteiger partial charge in [0.15, 0.2) is 23.0 Å². The summed E-state index contributed by atoms with van der Waals surface area (Å²) in [4.78, 5) is 12.6. The van der Waals surface area contributed by atoms with Crippen LogP contribution in [0.4, 0.5) is 0 Å².